The Kier molecular flexibility index (Phi) is 4.59. The van der Waals surface area contributed by atoms with Gasteiger partial charge >= 0.3 is 0 Å². The van der Waals surface area contributed by atoms with Gasteiger partial charge < -0.3 is 10.5 Å². The van der Waals surface area contributed by atoms with Crippen molar-refractivity contribution in [3.05, 3.63) is 29.3 Å². The summed E-state index contributed by atoms with van der Waals surface area (Å²) < 4.78 is 5.33. The Labute approximate surface area is 118 Å². The third-order valence-electron chi connectivity index (χ3n) is 3.71. The highest BCUT2D eigenvalue weighted by Gasteiger charge is 2.24. The smallest absolute Gasteiger partial charge is 0.221 e. The van der Waals surface area contributed by atoms with Crippen LogP contribution in [0.1, 0.15) is 24.0 Å². The normalized spacial score (nSPS) is 19.3. The molecule has 0 bridgehead atoms. The molecule has 1 heterocycles. The van der Waals surface area contributed by atoms with Gasteiger partial charge in [-0.25, -0.2) is 0 Å². The molecule has 0 saturated carbocycles. The van der Waals surface area contributed by atoms with Gasteiger partial charge in [-0.2, -0.15) is 5.26 Å². The molecule has 2 N–H and O–H groups in total. The highest BCUT2D eigenvalue weighted by Crippen LogP contribution is 2.24. The molecule has 1 fully saturated rings. The SMILES string of the molecule is COc1ccc(C#N)cc1CN1CCCC(C(N)=O)C1. The number of amides is 1. The van der Waals surface area contributed by atoms with E-state index in [2.05, 4.69) is 11.0 Å². The first-order valence-corrected chi connectivity index (χ1v) is 6.72. The largest absolute Gasteiger partial charge is 0.496 e. The number of benzene rings is 1. The second-order valence-corrected chi connectivity index (χ2v) is 5.12. The Bertz CT molecular complexity index is 536. The zero-order valence-corrected chi connectivity index (χ0v) is 11.6. The van der Waals surface area contributed by atoms with E-state index in [-0.39, 0.29) is 11.8 Å². The molecular formula is C15H19N3O2. The maximum Gasteiger partial charge on any atom is 0.221 e. The summed E-state index contributed by atoms with van der Waals surface area (Å²) >= 11 is 0. The molecule has 1 unspecified atom stereocenters. The summed E-state index contributed by atoms with van der Waals surface area (Å²) in [5, 5.41) is 8.98. The number of hydrogen-bond acceptors (Lipinski definition) is 4. The number of piperidine rings is 1. The lowest BCUT2D eigenvalue weighted by atomic mass is 9.97. The monoisotopic (exact) mass is 273 g/mol. The Morgan fingerprint density at radius 1 is 1.60 bits per heavy atom. The first kappa shape index (κ1) is 14.4. The van der Waals surface area contributed by atoms with Crippen molar-refractivity contribution in [2.45, 2.75) is 19.4 Å². The van der Waals surface area contributed by atoms with E-state index in [9.17, 15) is 4.79 Å². The minimum absolute atomic E-state index is 0.0751. The number of carbonyl (C=O) groups is 1. The molecule has 5 heteroatoms. The van der Waals surface area contributed by atoms with Crippen molar-refractivity contribution in [3.63, 3.8) is 0 Å². The average molecular weight is 273 g/mol. The minimum Gasteiger partial charge on any atom is -0.496 e. The summed E-state index contributed by atoms with van der Waals surface area (Å²) in [5.74, 6) is 0.464. The van der Waals surface area contributed by atoms with E-state index in [0.717, 1.165) is 30.7 Å². The number of ether oxygens (including phenoxy) is 1. The van der Waals surface area contributed by atoms with Crippen LogP contribution in [0.2, 0.25) is 0 Å². The van der Waals surface area contributed by atoms with Crippen LogP contribution in [0.3, 0.4) is 0 Å². The minimum atomic E-state index is -0.229. The molecule has 1 aliphatic rings. The average Bonchev–Trinajstić information content (AvgIpc) is 2.47. The van der Waals surface area contributed by atoms with E-state index in [1.807, 2.05) is 12.1 Å². The molecule has 0 radical (unpaired) electrons. The number of hydrogen-bond donors (Lipinski definition) is 1. The van der Waals surface area contributed by atoms with E-state index in [1.54, 1.807) is 13.2 Å². The maximum absolute atomic E-state index is 11.3. The molecule has 1 aliphatic heterocycles. The van der Waals surface area contributed by atoms with E-state index in [4.69, 9.17) is 15.7 Å². The van der Waals surface area contributed by atoms with E-state index < -0.39 is 0 Å². The second kappa shape index (κ2) is 6.40. The molecule has 5 nitrogen and oxygen atoms in total. The Morgan fingerprint density at radius 2 is 2.40 bits per heavy atom. The fourth-order valence-corrected chi connectivity index (χ4v) is 2.64. The Balaban J connectivity index is 2.12. The van der Waals surface area contributed by atoms with Gasteiger partial charge in [-0.3, -0.25) is 9.69 Å². The van der Waals surface area contributed by atoms with Gasteiger partial charge in [-0.1, -0.05) is 0 Å². The highest BCUT2D eigenvalue weighted by atomic mass is 16.5. The fourth-order valence-electron chi connectivity index (χ4n) is 2.64. The molecule has 106 valence electrons. The lowest BCUT2D eigenvalue weighted by Crippen LogP contribution is -2.40. The van der Waals surface area contributed by atoms with Gasteiger partial charge in [0.1, 0.15) is 5.75 Å². The second-order valence-electron chi connectivity index (χ2n) is 5.12. The van der Waals surface area contributed by atoms with Gasteiger partial charge in [0.05, 0.1) is 24.7 Å². The van der Waals surface area contributed by atoms with Crippen LogP contribution in [0.25, 0.3) is 0 Å². The molecule has 0 spiro atoms. The van der Waals surface area contributed by atoms with Crippen molar-refractivity contribution < 1.29 is 9.53 Å². The molecule has 1 saturated heterocycles. The van der Waals surface area contributed by atoms with Gasteiger partial charge in [0.2, 0.25) is 5.91 Å². The number of primary amides is 1. The molecule has 0 aromatic heterocycles. The molecular weight excluding hydrogens is 254 g/mol. The lowest BCUT2D eigenvalue weighted by molar-refractivity contribution is -0.123. The van der Waals surface area contributed by atoms with Crippen LogP contribution in [0.5, 0.6) is 5.75 Å². The van der Waals surface area contributed by atoms with Gasteiger partial charge in [0.25, 0.3) is 0 Å². The van der Waals surface area contributed by atoms with Crippen LogP contribution in [0, 0.1) is 17.2 Å². The summed E-state index contributed by atoms with van der Waals surface area (Å²) in [4.78, 5) is 13.5. The van der Waals surface area contributed by atoms with Crippen LogP contribution in [0.4, 0.5) is 0 Å². The summed E-state index contributed by atoms with van der Waals surface area (Å²) in [6, 6.07) is 7.52. The predicted molar refractivity (Wildman–Crippen MR) is 74.9 cm³/mol. The van der Waals surface area contributed by atoms with Gasteiger partial charge in [-0.15, -0.1) is 0 Å². The quantitative estimate of drug-likeness (QED) is 0.895. The van der Waals surface area contributed by atoms with Crippen molar-refractivity contribution in [1.29, 1.82) is 5.26 Å². The van der Waals surface area contributed by atoms with Crippen molar-refractivity contribution in [3.8, 4) is 11.8 Å². The zero-order valence-electron chi connectivity index (χ0n) is 11.6. The zero-order chi connectivity index (χ0) is 14.5. The molecule has 1 amide bonds. The van der Waals surface area contributed by atoms with E-state index >= 15 is 0 Å². The summed E-state index contributed by atoms with van der Waals surface area (Å²) in [6.45, 7) is 2.28. The third-order valence-corrected chi connectivity index (χ3v) is 3.71. The standard InChI is InChI=1S/C15H19N3O2/c1-20-14-5-4-11(8-16)7-13(14)10-18-6-2-3-12(9-18)15(17)19/h4-5,7,12H,2-3,6,9-10H2,1H3,(H2,17,19). The van der Waals surface area contributed by atoms with Crippen LogP contribution < -0.4 is 10.5 Å². The summed E-state index contributed by atoms with van der Waals surface area (Å²) in [6.07, 6.45) is 1.83. The number of likely N-dealkylation sites (tertiary alicyclic amines) is 1. The number of nitriles is 1. The Hall–Kier alpha value is -2.06. The molecule has 2 rings (SSSR count). The molecule has 1 atom stereocenters. The van der Waals surface area contributed by atoms with E-state index in [1.165, 1.54) is 0 Å². The van der Waals surface area contributed by atoms with Crippen molar-refractivity contribution in [1.82, 2.24) is 4.90 Å². The number of nitrogens with two attached hydrogens (primary N) is 1. The van der Waals surface area contributed by atoms with Crippen molar-refractivity contribution >= 4 is 5.91 Å². The van der Waals surface area contributed by atoms with Crippen LogP contribution >= 0.6 is 0 Å². The first-order valence-electron chi connectivity index (χ1n) is 6.72. The van der Waals surface area contributed by atoms with E-state index in [0.29, 0.717) is 18.7 Å². The van der Waals surface area contributed by atoms with Crippen LogP contribution in [-0.2, 0) is 11.3 Å². The third kappa shape index (κ3) is 3.28. The molecule has 1 aromatic rings. The first-order chi connectivity index (χ1) is 9.63. The number of rotatable bonds is 4. The maximum atomic E-state index is 11.3. The lowest BCUT2D eigenvalue weighted by Gasteiger charge is -2.31. The summed E-state index contributed by atoms with van der Waals surface area (Å²) in [7, 11) is 1.62. The molecule has 1 aromatic carbocycles. The summed E-state index contributed by atoms with van der Waals surface area (Å²) in [5.41, 5.74) is 6.98. The highest BCUT2D eigenvalue weighted by molar-refractivity contribution is 5.76. The predicted octanol–water partition coefficient (Wildman–Crippen LogP) is 1.26. The van der Waals surface area contributed by atoms with Gasteiger partial charge in [0.15, 0.2) is 0 Å². The van der Waals surface area contributed by atoms with Crippen LogP contribution in [0.15, 0.2) is 18.2 Å². The van der Waals surface area contributed by atoms with Gasteiger partial charge in [0, 0.05) is 18.7 Å². The topological polar surface area (TPSA) is 79.3 Å². The number of carbonyl (C=O) groups excluding carboxylic acids is 1. The fraction of sp³-hybridized carbons (Fsp3) is 0.467. The van der Waals surface area contributed by atoms with Crippen LogP contribution in [-0.4, -0.2) is 31.0 Å². The number of methoxy groups -OCH3 is 1. The van der Waals surface area contributed by atoms with Crippen molar-refractivity contribution in [2.24, 2.45) is 11.7 Å². The van der Waals surface area contributed by atoms with Gasteiger partial charge in [-0.05, 0) is 37.6 Å². The molecule has 20 heavy (non-hydrogen) atoms. The Morgan fingerprint density at radius 3 is 3.05 bits per heavy atom. The van der Waals surface area contributed by atoms with Crippen molar-refractivity contribution in [2.75, 3.05) is 20.2 Å². The number of nitrogens with zero attached hydrogens (tertiary/aromatic N) is 2. The molecule has 0 aliphatic carbocycles.